The first-order valence-electron chi connectivity index (χ1n) is 6.76. The molecule has 1 heterocycles. The summed E-state index contributed by atoms with van der Waals surface area (Å²) in [6.45, 7) is 8.00. The summed E-state index contributed by atoms with van der Waals surface area (Å²) in [7, 11) is 1.71. The molecule has 0 fully saturated rings. The molecular formula is C13H25N3O2. The van der Waals surface area contributed by atoms with Crippen molar-refractivity contribution >= 4 is 0 Å². The number of hydrogen-bond donors (Lipinski definition) is 1. The quantitative estimate of drug-likeness (QED) is 0.732. The zero-order valence-electron chi connectivity index (χ0n) is 11.9. The van der Waals surface area contributed by atoms with E-state index < -0.39 is 0 Å². The highest BCUT2D eigenvalue weighted by Gasteiger charge is 2.16. The van der Waals surface area contributed by atoms with Gasteiger partial charge in [0.15, 0.2) is 5.82 Å². The second kappa shape index (κ2) is 8.21. The molecule has 5 nitrogen and oxygen atoms in total. The maximum absolute atomic E-state index is 5.29. The standard InChI is InChI=1S/C13H25N3O2/c1-5-7-14-11(9-17-4)8-12-15-13(16-18-12)10(3)6-2/h10-11,14H,5-9H2,1-4H3. The van der Waals surface area contributed by atoms with E-state index in [2.05, 4.69) is 36.2 Å². The van der Waals surface area contributed by atoms with Crippen LogP contribution in [0.1, 0.15) is 51.2 Å². The topological polar surface area (TPSA) is 60.2 Å². The van der Waals surface area contributed by atoms with E-state index in [9.17, 15) is 0 Å². The highest BCUT2D eigenvalue weighted by atomic mass is 16.5. The fraction of sp³-hybridized carbons (Fsp3) is 0.846. The molecule has 2 unspecified atom stereocenters. The molecule has 0 radical (unpaired) electrons. The average Bonchev–Trinajstić information content (AvgIpc) is 2.83. The van der Waals surface area contributed by atoms with Crippen LogP contribution in [0.15, 0.2) is 4.52 Å². The molecule has 0 aromatic carbocycles. The number of nitrogens with zero attached hydrogens (tertiary/aromatic N) is 2. The third-order valence-electron chi connectivity index (χ3n) is 3.01. The summed E-state index contributed by atoms with van der Waals surface area (Å²) in [6.07, 6.45) is 2.84. The minimum absolute atomic E-state index is 0.236. The van der Waals surface area contributed by atoms with Crippen molar-refractivity contribution in [1.82, 2.24) is 15.5 Å². The van der Waals surface area contributed by atoms with Gasteiger partial charge in [0.05, 0.1) is 6.61 Å². The van der Waals surface area contributed by atoms with Gasteiger partial charge in [-0.05, 0) is 19.4 Å². The highest BCUT2D eigenvalue weighted by molar-refractivity contribution is 4.94. The predicted molar refractivity (Wildman–Crippen MR) is 70.7 cm³/mol. The SMILES string of the molecule is CCCNC(COC)Cc1nc(C(C)CC)no1. The molecule has 18 heavy (non-hydrogen) atoms. The van der Waals surface area contributed by atoms with Crippen molar-refractivity contribution < 1.29 is 9.26 Å². The summed E-state index contributed by atoms with van der Waals surface area (Å²) in [5.74, 6) is 1.85. The number of nitrogens with one attached hydrogen (secondary N) is 1. The van der Waals surface area contributed by atoms with Gasteiger partial charge in [-0.25, -0.2) is 0 Å². The Bertz CT molecular complexity index is 328. The number of methoxy groups -OCH3 is 1. The molecule has 1 aromatic heterocycles. The maximum Gasteiger partial charge on any atom is 0.228 e. The summed E-state index contributed by atoms with van der Waals surface area (Å²) >= 11 is 0. The van der Waals surface area contributed by atoms with Crippen LogP contribution in [-0.4, -0.2) is 36.4 Å². The normalized spacial score (nSPS) is 14.7. The molecule has 0 bridgehead atoms. The maximum atomic E-state index is 5.29. The van der Waals surface area contributed by atoms with Crippen molar-refractivity contribution in [3.63, 3.8) is 0 Å². The Morgan fingerprint density at radius 1 is 1.39 bits per heavy atom. The zero-order valence-corrected chi connectivity index (χ0v) is 11.9. The Morgan fingerprint density at radius 2 is 2.17 bits per heavy atom. The van der Waals surface area contributed by atoms with Gasteiger partial charge in [0.25, 0.3) is 0 Å². The second-order valence-electron chi connectivity index (χ2n) is 4.67. The highest BCUT2D eigenvalue weighted by Crippen LogP contribution is 2.15. The molecule has 2 atom stereocenters. The summed E-state index contributed by atoms with van der Waals surface area (Å²) in [5, 5.41) is 7.44. The Labute approximate surface area is 109 Å². The van der Waals surface area contributed by atoms with Gasteiger partial charge in [-0.15, -0.1) is 0 Å². The van der Waals surface area contributed by atoms with E-state index in [0.29, 0.717) is 18.4 Å². The van der Waals surface area contributed by atoms with E-state index in [-0.39, 0.29) is 6.04 Å². The van der Waals surface area contributed by atoms with Gasteiger partial charge in [0.2, 0.25) is 5.89 Å². The van der Waals surface area contributed by atoms with Crippen molar-refractivity contribution in [1.29, 1.82) is 0 Å². The van der Waals surface area contributed by atoms with Crippen LogP contribution >= 0.6 is 0 Å². The van der Waals surface area contributed by atoms with Crippen molar-refractivity contribution in [3.05, 3.63) is 11.7 Å². The van der Waals surface area contributed by atoms with Crippen molar-refractivity contribution in [2.45, 2.75) is 52.0 Å². The van der Waals surface area contributed by atoms with Gasteiger partial charge < -0.3 is 14.6 Å². The van der Waals surface area contributed by atoms with Crippen molar-refractivity contribution in [3.8, 4) is 0 Å². The number of hydrogen-bond acceptors (Lipinski definition) is 5. The molecule has 0 saturated heterocycles. The zero-order chi connectivity index (χ0) is 13.4. The number of ether oxygens (including phenoxy) is 1. The van der Waals surface area contributed by atoms with Crippen molar-refractivity contribution in [2.24, 2.45) is 0 Å². The first-order chi connectivity index (χ1) is 8.71. The van der Waals surface area contributed by atoms with Crippen LogP contribution in [0.25, 0.3) is 0 Å². The van der Waals surface area contributed by atoms with Crippen LogP contribution in [0.2, 0.25) is 0 Å². The lowest BCUT2D eigenvalue weighted by molar-refractivity contribution is 0.161. The first kappa shape index (κ1) is 15.1. The smallest absolute Gasteiger partial charge is 0.228 e. The molecule has 0 aliphatic rings. The lowest BCUT2D eigenvalue weighted by Gasteiger charge is -2.15. The molecule has 1 aromatic rings. The third-order valence-corrected chi connectivity index (χ3v) is 3.01. The van der Waals surface area contributed by atoms with Gasteiger partial charge in [0, 0.05) is 25.5 Å². The lowest BCUT2D eigenvalue weighted by atomic mass is 10.1. The van der Waals surface area contributed by atoms with Crippen molar-refractivity contribution in [2.75, 3.05) is 20.3 Å². The van der Waals surface area contributed by atoms with E-state index in [4.69, 9.17) is 9.26 Å². The predicted octanol–water partition coefficient (Wildman–Crippen LogP) is 2.14. The molecule has 5 heteroatoms. The number of rotatable bonds is 9. The summed E-state index contributed by atoms with van der Waals surface area (Å²) in [5.41, 5.74) is 0. The Hall–Kier alpha value is -0.940. The fourth-order valence-electron chi connectivity index (χ4n) is 1.68. The van der Waals surface area contributed by atoms with E-state index in [0.717, 1.165) is 31.6 Å². The monoisotopic (exact) mass is 255 g/mol. The van der Waals surface area contributed by atoms with Crippen LogP contribution in [0.3, 0.4) is 0 Å². The molecule has 0 spiro atoms. The summed E-state index contributed by atoms with van der Waals surface area (Å²) in [6, 6.07) is 0.236. The minimum Gasteiger partial charge on any atom is -0.383 e. The minimum atomic E-state index is 0.236. The summed E-state index contributed by atoms with van der Waals surface area (Å²) in [4.78, 5) is 4.44. The molecule has 0 saturated carbocycles. The molecule has 0 aliphatic heterocycles. The summed E-state index contributed by atoms with van der Waals surface area (Å²) < 4.78 is 10.5. The molecule has 0 aliphatic carbocycles. The number of aromatic nitrogens is 2. The Balaban J connectivity index is 2.54. The Morgan fingerprint density at radius 3 is 2.78 bits per heavy atom. The molecule has 1 N–H and O–H groups in total. The van der Waals surface area contributed by atoms with Crippen LogP contribution < -0.4 is 5.32 Å². The van der Waals surface area contributed by atoms with Crippen LogP contribution in [0, 0.1) is 0 Å². The molecular weight excluding hydrogens is 230 g/mol. The molecule has 0 amide bonds. The van der Waals surface area contributed by atoms with Gasteiger partial charge in [-0.3, -0.25) is 0 Å². The lowest BCUT2D eigenvalue weighted by Crippen LogP contribution is -2.35. The third kappa shape index (κ3) is 4.74. The average molecular weight is 255 g/mol. The van der Waals surface area contributed by atoms with E-state index in [1.165, 1.54) is 0 Å². The van der Waals surface area contributed by atoms with Gasteiger partial charge in [-0.2, -0.15) is 4.98 Å². The fourth-order valence-corrected chi connectivity index (χ4v) is 1.68. The van der Waals surface area contributed by atoms with E-state index in [1.807, 2.05) is 0 Å². The van der Waals surface area contributed by atoms with E-state index >= 15 is 0 Å². The Kier molecular flexibility index (Phi) is 6.90. The van der Waals surface area contributed by atoms with Gasteiger partial charge >= 0.3 is 0 Å². The van der Waals surface area contributed by atoms with E-state index in [1.54, 1.807) is 7.11 Å². The molecule has 1 rings (SSSR count). The van der Waals surface area contributed by atoms with Crippen LogP contribution in [0.5, 0.6) is 0 Å². The largest absolute Gasteiger partial charge is 0.383 e. The van der Waals surface area contributed by atoms with Crippen LogP contribution in [0.4, 0.5) is 0 Å². The van der Waals surface area contributed by atoms with Gasteiger partial charge in [-0.1, -0.05) is 25.9 Å². The first-order valence-corrected chi connectivity index (χ1v) is 6.76. The van der Waals surface area contributed by atoms with Gasteiger partial charge in [0.1, 0.15) is 0 Å². The van der Waals surface area contributed by atoms with Crippen LogP contribution in [-0.2, 0) is 11.2 Å². The molecule has 104 valence electrons. The second-order valence-corrected chi connectivity index (χ2v) is 4.67.